The van der Waals surface area contributed by atoms with Crippen molar-refractivity contribution in [3.63, 3.8) is 0 Å². The Kier molecular flexibility index (Phi) is 3.68. The van der Waals surface area contributed by atoms with Gasteiger partial charge in [-0.15, -0.1) is 0 Å². The van der Waals surface area contributed by atoms with Crippen LogP contribution in [0.25, 0.3) is 0 Å². The van der Waals surface area contributed by atoms with Gasteiger partial charge < -0.3 is 10.6 Å². The standard InChI is InChI=1S/C8H11ClN4O2/c1-10-6(14)4-11-5-3-7(15)13(2)12-8(5)9/h3,11H,4H2,1-2H3,(H,10,14). The minimum Gasteiger partial charge on any atom is -0.373 e. The van der Waals surface area contributed by atoms with Crippen LogP contribution in [0.5, 0.6) is 0 Å². The van der Waals surface area contributed by atoms with Crippen LogP contribution in [0.3, 0.4) is 0 Å². The molecule has 0 saturated carbocycles. The highest BCUT2D eigenvalue weighted by atomic mass is 35.5. The summed E-state index contributed by atoms with van der Waals surface area (Å²) in [7, 11) is 3.02. The van der Waals surface area contributed by atoms with Crippen molar-refractivity contribution in [2.24, 2.45) is 7.05 Å². The highest BCUT2D eigenvalue weighted by Crippen LogP contribution is 2.14. The molecular weight excluding hydrogens is 220 g/mol. The van der Waals surface area contributed by atoms with Crippen molar-refractivity contribution in [2.45, 2.75) is 0 Å². The lowest BCUT2D eigenvalue weighted by molar-refractivity contribution is -0.118. The molecule has 1 aromatic heterocycles. The summed E-state index contributed by atoms with van der Waals surface area (Å²) in [6.07, 6.45) is 0. The molecule has 2 N–H and O–H groups in total. The molecule has 0 aromatic carbocycles. The van der Waals surface area contributed by atoms with Crippen LogP contribution in [-0.4, -0.2) is 29.3 Å². The van der Waals surface area contributed by atoms with Crippen LogP contribution in [-0.2, 0) is 11.8 Å². The Morgan fingerprint density at radius 3 is 2.93 bits per heavy atom. The molecule has 0 aliphatic rings. The highest BCUT2D eigenvalue weighted by molar-refractivity contribution is 6.31. The smallest absolute Gasteiger partial charge is 0.268 e. The number of hydrogen-bond acceptors (Lipinski definition) is 4. The van der Waals surface area contributed by atoms with Crippen molar-refractivity contribution in [1.82, 2.24) is 15.1 Å². The van der Waals surface area contributed by atoms with Gasteiger partial charge in [-0.3, -0.25) is 9.59 Å². The number of aryl methyl sites for hydroxylation is 1. The number of likely N-dealkylation sites (N-methyl/N-ethyl adjacent to an activating group) is 1. The van der Waals surface area contributed by atoms with Crippen molar-refractivity contribution in [2.75, 3.05) is 18.9 Å². The second-order valence-corrected chi connectivity index (χ2v) is 3.20. The number of amides is 1. The summed E-state index contributed by atoms with van der Waals surface area (Å²) in [5.74, 6) is -0.202. The number of hydrogen-bond donors (Lipinski definition) is 2. The number of carbonyl (C=O) groups is 1. The largest absolute Gasteiger partial charge is 0.373 e. The molecule has 15 heavy (non-hydrogen) atoms. The number of nitrogens with one attached hydrogen (secondary N) is 2. The van der Waals surface area contributed by atoms with Crippen LogP contribution in [0.4, 0.5) is 5.69 Å². The minimum absolute atomic E-state index is 0.0467. The van der Waals surface area contributed by atoms with Crippen molar-refractivity contribution in [1.29, 1.82) is 0 Å². The van der Waals surface area contributed by atoms with Gasteiger partial charge >= 0.3 is 0 Å². The molecule has 0 radical (unpaired) electrons. The summed E-state index contributed by atoms with van der Waals surface area (Å²) in [4.78, 5) is 22.1. The van der Waals surface area contributed by atoms with Crippen LogP contribution in [0.1, 0.15) is 0 Å². The van der Waals surface area contributed by atoms with Crippen molar-refractivity contribution in [3.05, 3.63) is 21.6 Å². The van der Waals surface area contributed by atoms with E-state index in [1.165, 1.54) is 20.2 Å². The molecule has 1 rings (SSSR count). The first-order valence-corrected chi connectivity index (χ1v) is 4.60. The lowest BCUT2D eigenvalue weighted by atomic mass is 10.4. The van der Waals surface area contributed by atoms with Gasteiger partial charge in [-0.1, -0.05) is 11.6 Å². The lowest BCUT2D eigenvalue weighted by Crippen LogP contribution is -2.27. The number of rotatable bonds is 3. The minimum atomic E-state index is -0.293. The molecule has 0 unspecified atom stereocenters. The molecule has 0 bridgehead atoms. The highest BCUT2D eigenvalue weighted by Gasteiger charge is 2.05. The normalized spacial score (nSPS) is 9.80. The number of aromatic nitrogens is 2. The van der Waals surface area contributed by atoms with Gasteiger partial charge in [-0.2, -0.15) is 5.10 Å². The van der Waals surface area contributed by atoms with Crippen molar-refractivity contribution in [3.8, 4) is 0 Å². The quantitative estimate of drug-likeness (QED) is 0.740. The monoisotopic (exact) mass is 230 g/mol. The molecule has 0 fully saturated rings. The van der Waals surface area contributed by atoms with E-state index in [9.17, 15) is 9.59 Å². The van der Waals surface area contributed by atoms with E-state index in [4.69, 9.17) is 11.6 Å². The zero-order valence-corrected chi connectivity index (χ0v) is 9.13. The van der Waals surface area contributed by atoms with Crippen LogP contribution < -0.4 is 16.2 Å². The summed E-state index contributed by atoms with van der Waals surface area (Å²) in [5, 5.41) is 9.05. The third kappa shape index (κ3) is 2.95. The molecule has 0 aliphatic heterocycles. The molecule has 7 heteroatoms. The summed E-state index contributed by atoms with van der Waals surface area (Å²) < 4.78 is 1.12. The maximum atomic E-state index is 11.2. The Morgan fingerprint density at radius 1 is 1.67 bits per heavy atom. The van der Waals surface area contributed by atoms with Crippen molar-refractivity contribution < 1.29 is 4.79 Å². The number of carbonyl (C=O) groups excluding carboxylic acids is 1. The molecule has 0 atom stereocenters. The molecule has 1 aromatic rings. The second-order valence-electron chi connectivity index (χ2n) is 2.84. The molecule has 82 valence electrons. The Bertz CT molecular complexity index is 429. The van der Waals surface area contributed by atoms with Gasteiger partial charge in [0, 0.05) is 20.2 Å². The fourth-order valence-electron chi connectivity index (χ4n) is 0.899. The third-order valence-corrected chi connectivity index (χ3v) is 2.04. The fourth-order valence-corrected chi connectivity index (χ4v) is 1.13. The van der Waals surface area contributed by atoms with Gasteiger partial charge in [0.15, 0.2) is 5.15 Å². The summed E-state index contributed by atoms with van der Waals surface area (Å²) >= 11 is 5.76. The maximum Gasteiger partial charge on any atom is 0.268 e. The van der Waals surface area contributed by atoms with Crippen LogP contribution in [0.2, 0.25) is 5.15 Å². The Hall–Kier alpha value is -1.56. The number of anilines is 1. The average Bonchev–Trinajstić information content (AvgIpc) is 2.21. The first-order chi connectivity index (χ1) is 7.04. The molecule has 1 heterocycles. The van der Waals surface area contributed by atoms with Gasteiger partial charge in [0.25, 0.3) is 5.56 Å². The zero-order valence-electron chi connectivity index (χ0n) is 8.37. The summed E-state index contributed by atoms with van der Waals surface area (Å²) in [5.41, 5.74) is 0.0576. The van der Waals surface area contributed by atoms with Crippen LogP contribution in [0.15, 0.2) is 10.9 Å². The topological polar surface area (TPSA) is 76.0 Å². The molecule has 0 aliphatic carbocycles. The molecule has 1 amide bonds. The van der Waals surface area contributed by atoms with E-state index in [0.717, 1.165) is 4.68 Å². The van der Waals surface area contributed by atoms with Gasteiger partial charge in [0.05, 0.1) is 12.2 Å². The van der Waals surface area contributed by atoms with Crippen LogP contribution >= 0.6 is 11.6 Å². The van der Waals surface area contributed by atoms with E-state index in [0.29, 0.717) is 5.69 Å². The average molecular weight is 231 g/mol. The van der Waals surface area contributed by atoms with Gasteiger partial charge in [-0.05, 0) is 0 Å². The Balaban J connectivity index is 2.82. The maximum absolute atomic E-state index is 11.2. The van der Waals surface area contributed by atoms with E-state index in [-0.39, 0.29) is 23.2 Å². The van der Waals surface area contributed by atoms with Crippen LogP contribution in [0, 0.1) is 0 Å². The third-order valence-electron chi connectivity index (χ3n) is 1.77. The van der Waals surface area contributed by atoms with E-state index in [1.807, 2.05) is 0 Å². The van der Waals surface area contributed by atoms with Gasteiger partial charge in [-0.25, -0.2) is 4.68 Å². The molecule has 0 spiro atoms. The Morgan fingerprint density at radius 2 is 2.33 bits per heavy atom. The zero-order chi connectivity index (χ0) is 11.4. The van der Waals surface area contributed by atoms with E-state index < -0.39 is 0 Å². The summed E-state index contributed by atoms with van der Waals surface area (Å²) in [6.45, 7) is 0.0467. The SMILES string of the molecule is CNC(=O)CNc1cc(=O)n(C)nc1Cl. The Labute approximate surface area is 91.2 Å². The lowest BCUT2D eigenvalue weighted by Gasteiger charge is -2.07. The number of halogens is 1. The van der Waals surface area contributed by atoms with E-state index in [1.54, 1.807) is 0 Å². The molecule has 6 nitrogen and oxygen atoms in total. The second kappa shape index (κ2) is 4.79. The predicted molar refractivity (Wildman–Crippen MR) is 57.0 cm³/mol. The summed E-state index contributed by atoms with van der Waals surface area (Å²) in [6, 6.07) is 1.29. The first kappa shape index (κ1) is 11.5. The number of nitrogens with zero attached hydrogens (tertiary/aromatic N) is 2. The van der Waals surface area contributed by atoms with Crippen molar-refractivity contribution >= 4 is 23.2 Å². The molecule has 0 saturated heterocycles. The van der Waals surface area contributed by atoms with Gasteiger partial charge in [0.2, 0.25) is 5.91 Å². The van der Waals surface area contributed by atoms with E-state index in [2.05, 4.69) is 15.7 Å². The van der Waals surface area contributed by atoms with Gasteiger partial charge in [0.1, 0.15) is 0 Å². The molecular formula is C8H11ClN4O2. The predicted octanol–water partition coefficient (Wildman–Crippen LogP) is -0.408. The van der Waals surface area contributed by atoms with E-state index >= 15 is 0 Å². The first-order valence-electron chi connectivity index (χ1n) is 4.23. The fraction of sp³-hybridized carbons (Fsp3) is 0.375.